The predicted molar refractivity (Wildman–Crippen MR) is 81.6 cm³/mol. The molecule has 2 heterocycles. The van der Waals surface area contributed by atoms with Crippen LogP contribution >= 0.6 is 0 Å². The molecule has 0 aliphatic carbocycles. The fraction of sp³-hybridized carbons (Fsp3) is 0.111. The summed E-state index contributed by atoms with van der Waals surface area (Å²) in [5, 5.41) is 11.3. The molecule has 0 bridgehead atoms. The number of nitrogens with zero attached hydrogens (tertiary/aromatic N) is 2. The van der Waals surface area contributed by atoms with Crippen molar-refractivity contribution in [3.05, 3.63) is 96.1 Å². The van der Waals surface area contributed by atoms with Crippen LogP contribution in [0.5, 0.6) is 0 Å². The van der Waals surface area contributed by atoms with Gasteiger partial charge in [0.1, 0.15) is 5.60 Å². The molecule has 1 atom stereocenters. The van der Waals surface area contributed by atoms with Crippen LogP contribution in [-0.4, -0.2) is 15.1 Å². The molecule has 3 heteroatoms. The van der Waals surface area contributed by atoms with Crippen LogP contribution < -0.4 is 0 Å². The van der Waals surface area contributed by atoms with Crippen LogP contribution in [0.2, 0.25) is 0 Å². The van der Waals surface area contributed by atoms with Gasteiger partial charge in [-0.05, 0) is 23.3 Å². The molecule has 1 unspecified atom stereocenters. The molecule has 0 spiro atoms. The van der Waals surface area contributed by atoms with Crippen LogP contribution in [0, 0.1) is 0 Å². The van der Waals surface area contributed by atoms with E-state index in [9.17, 15) is 5.11 Å². The van der Waals surface area contributed by atoms with Crippen LogP contribution in [0.3, 0.4) is 0 Å². The molecule has 0 fully saturated rings. The van der Waals surface area contributed by atoms with Gasteiger partial charge in [-0.2, -0.15) is 0 Å². The quantitative estimate of drug-likeness (QED) is 0.797. The minimum Gasteiger partial charge on any atom is -0.380 e. The van der Waals surface area contributed by atoms with E-state index in [4.69, 9.17) is 0 Å². The van der Waals surface area contributed by atoms with Crippen molar-refractivity contribution < 1.29 is 5.11 Å². The van der Waals surface area contributed by atoms with Gasteiger partial charge in [0.15, 0.2) is 0 Å². The summed E-state index contributed by atoms with van der Waals surface area (Å²) < 4.78 is 0. The normalized spacial score (nSPS) is 13.6. The number of aromatic nitrogens is 2. The first-order valence-corrected chi connectivity index (χ1v) is 6.86. The summed E-state index contributed by atoms with van der Waals surface area (Å²) in [6, 6.07) is 17.3. The smallest absolute Gasteiger partial charge is 0.120 e. The average molecular weight is 276 g/mol. The summed E-state index contributed by atoms with van der Waals surface area (Å²) in [5.74, 6) is 0. The maximum Gasteiger partial charge on any atom is 0.120 e. The maximum atomic E-state index is 11.3. The highest BCUT2D eigenvalue weighted by Crippen LogP contribution is 2.32. The molecular weight excluding hydrogens is 260 g/mol. The molecule has 21 heavy (non-hydrogen) atoms. The largest absolute Gasteiger partial charge is 0.380 e. The zero-order valence-electron chi connectivity index (χ0n) is 11.6. The molecule has 3 aromatic rings. The maximum absolute atomic E-state index is 11.3. The fourth-order valence-corrected chi connectivity index (χ4v) is 2.49. The molecule has 0 amide bonds. The van der Waals surface area contributed by atoms with Crippen molar-refractivity contribution >= 4 is 0 Å². The molecule has 104 valence electrons. The number of pyridine rings is 2. The van der Waals surface area contributed by atoms with Crippen molar-refractivity contribution in [1.29, 1.82) is 0 Å². The lowest BCUT2D eigenvalue weighted by Gasteiger charge is -2.29. The zero-order valence-corrected chi connectivity index (χ0v) is 11.6. The van der Waals surface area contributed by atoms with Gasteiger partial charge in [-0.1, -0.05) is 42.5 Å². The summed E-state index contributed by atoms with van der Waals surface area (Å²) in [6.07, 6.45) is 7.39. The standard InChI is InChI=1S/C18H16N2O/c21-18(16-7-2-1-3-8-16,17-9-5-11-20-14-17)12-15-6-4-10-19-13-15/h1-11,13-14,21H,12H2. The van der Waals surface area contributed by atoms with E-state index in [1.807, 2.05) is 54.6 Å². The summed E-state index contributed by atoms with van der Waals surface area (Å²) in [4.78, 5) is 8.27. The van der Waals surface area contributed by atoms with E-state index in [2.05, 4.69) is 9.97 Å². The number of benzene rings is 1. The molecule has 0 radical (unpaired) electrons. The first-order valence-electron chi connectivity index (χ1n) is 6.86. The molecule has 1 N–H and O–H groups in total. The second kappa shape index (κ2) is 5.85. The van der Waals surface area contributed by atoms with Crippen molar-refractivity contribution in [2.24, 2.45) is 0 Å². The number of aliphatic hydroxyl groups is 1. The third-order valence-electron chi connectivity index (χ3n) is 3.57. The van der Waals surface area contributed by atoms with E-state index >= 15 is 0 Å². The summed E-state index contributed by atoms with van der Waals surface area (Å²) in [5.41, 5.74) is 1.49. The topological polar surface area (TPSA) is 46.0 Å². The zero-order chi connectivity index (χ0) is 14.5. The lowest BCUT2D eigenvalue weighted by Crippen LogP contribution is -2.30. The molecule has 0 aliphatic heterocycles. The van der Waals surface area contributed by atoms with Crippen LogP contribution in [0.1, 0.15) is 16.7 Å². The van der Waals surface area contributed by atoms with Crippen molar-refractivity contribution in [2.75, 3.05) is 0 Å². The minimum absolute atomic E-state index is 0.455. The Bertz CT molecular complexity index is 645. The highest BCUT2D eigenvalue weighted by molar-refractivity contribution is 5.36. The number of rotatable bonds is 4. The predicted octanol–water partition coefficient (Wildman–Crippen LogP) is 2.96. The highest BCUT2D eigenvalue weighted by Gasteiger charge is 2.32. The second-order valence-corrected chi connectivity index (χ2v) is 5.01. The highest BCUT2D eigenvalue weighted by atomic mass is 16.3. The molecule has 0 saturated carbocycles. The molecule has 3 rings (SSSR count). The van der Waals surface area contributed by atoms with Crippen molar-refractivity contribution in [2.45, 2.75) is 12.0 Å². The lowest BCUT2D eigenvalue weighted by molar-refractivity contribution is 0.0807. The molecule has 0 saturated heterocycles. The third kappa shape index (κ3) is 2.83. The van der Waals surface area contributed by atoms with Gasteiger partial charge in [0.2, 0.25) is 0 Å². The SMILES string of the molecule is OC(Cc1cccnc1)(c1ccccc1)c1cccnc1. The van der Waals surface area contributed by atoms with E-state index < -0.39 is 5.60 Å². The van der Waals surface area contributed by atoms with E-state index in [-0.39, 0.29) is 0 Å². The Morgan fingerprint density at radius 1 is 0.762 bits per heavy atom. The summed E-state index contributed by atoms with van der Waals surface area (Å²) >= 11 is 0. The Morgan fingerprint density at radius 2 is 1.43 bits per heavy atom. The second-order valence-electron chi connectivity index (χ2n) is 5.01. The minimum atomic E-state index is -1.11. The lowest BCUT2D eigenvalue weighted by atomic mass is 9.82. The van der Waals surface area contributed by atoms with Crippen LogP contribution in [0.4, 0.5) is 0 Å². The Kier molecular flexibility index (Phi) is 3.75. The van der Waals surface area contributed by atoms with Gasteiger partial charge in [0.05, 0.1) is 0 Å². The van der Waals surface area contributed by atoms with Crippen LogP contribution in [0.25, 0.3) is 0 Å². The van der Waals surface area contributed by atoms with Gasteiger partial charge in [-0.3, -0.25) is 9.97 Å². The van der Waals surface area contributed by atoms with E-state index in [1.54, 1.807) is 24.8 Å². The van der Waals surface area contributed by atoms with Crippen molar-refractivity contribution in [3.8, 4) is 0 Å². The van der Waals surface area contributed by atoms with Gasteiger partial charge in [0, 0.05) is 36.8 Å². The first-order chi connectivity index (χ1) is 10.3. The fourth-order valence-electron chi connectivity index (χ4n) is 2.49. The van der Waals surface area contributed by atoms with E-state index in [1.165, 1.54) is 0 Å². The summed E-state index contributed by atoms with van der Waals surface area (Å²) in [6.45, 7) is 0. The third-order valence-corrected chi connectivity index (χ3v) is 3.57. The Morgan fingerprint density at radius 3 is 2.05 bits per heavy atom. The molecule has 1 aromatic carbocycles. The van der Waals surface area contributed by atoms with Crippen molar-refractivity contribution in [1.82, 2.24) is 9.97 Å². The van der Waals surface area contributed by atoms with Gasteiger partial charge in [-0.15, -0.1) is 0 Å². The molecule has 0 aliphatic rings. The van der Waals surface area contributed by atoms with Crippen molar-refractivity contribution in [3.63, 3.8) is 0 Å². The number of hydrogen-bond donors (Lipinski definition) is 1. The van der Waals surface area contributed by atoms with E-state index in [0.717, 1.165) is 16.7 Å². The first kappa shape index (κ1) is 13.5. The van der Waals surface area contributed by atoms with Crippen LogP contribution in [0.15, 0.2) is 79.4 Å². The Labute approximate surface area is 124 Å². The Balaban J connectivity index is 2.07. The monoisotopic (exact) mass is 276 g/mol. The molecule has 3 nitrogen and oxygen atoms in total. The van der Waals surface area contributed by atoms with Gasteiger partial charge >= 0.3 is 0 Å². The van der Waals surface area contributed by atoms with Gasteiger partial charge in [0.25, 0.3) is 0 Å². The molecular formula is C18H16N2O. The van der Waals surface area contributed by atoms with E-state index in [0.29, 0.717) is 6.42 Å². The molecule has 2 aromatic heterocycles. The van der Waals surface area contributed by atoms with Crippen LogP contribution in [-0.2, 0) is 12.0 Å². The number of hydrogen-bond acceptors (Lipinski definition) is 3. The Hall–Kier alpha value is -2.52. The van der Waals surface area contributed by atoms with Gasteiger partial charge in [-0.25, -0.2) is 0 Å². The summed E-state index contributed by atoms with van der Waals surface area (Å²) in [7, 11) is 0. The van der Waals surface area contributed by atoms with Gasteiger partial charge < -0.3 is 5.11 Å². The average Bonchev–Trinajstić information content (AvgIpc) is 2.57.